The van der Waals surface area contributed by atoms with Gasteiger partial charge in [0, 0.05) is 50.1 Å². The van der Waals surface area contributed by atoms with E-state index in [4.69, 9.17) is 4.74 Å². The number of aromatic nitrogens is 4. The summed E-state index contributed by atoms with van der Waals surface area (Å²) in [5.41, 5.74) is 0.843. The third kappa shape index (κ3) is 10.0. The number of unbranched alkanes of at least 4 members (excludes halogenated alkanes) is 1. The summed E-state index contributed by atoms with van der Waals surface area (Å²) in [5.74, 6) is -2.16. The Bertz CT molecular complexity index is 1690. The molecule has 236 valence electrons. The van der Waals surface area contributed by atoms with Crippen LogP contribution < -0.4 is 20.9 Å². The number of anilines is 1. The summed E-state index contributed by atoms with van der Waals surface area (Å²) < 4.78 is 49.3. The number of carbonyl (C=O) groups excluding carboxylic acids is 3. The molecule has 45 heavy (non-hydrogen) atoms. The number of carbonyl (C=O) groups is 3. The molecule has 2 heterocycles. The van der Waals surface area contributed by atoms with E-state index >= 15 is 0 Å². The molecule has 0 fully saturated rings. The zero-order valence-electron chi connectivity index (χ0n) is 24.0. The molecule has 2 amide bonds. The van der Waals surface area contributed by atoms with Crippen LogP contribution in [0.5, 0.6) is 5.75 Å². The highest BCUT2D eigenvalue weighted by Crippen LogP contribution is 2.23. The van der Waals surface area contributed by atoms with Crippen molar-refractivity contribution in [3.05, 3.63) is 106 Å². The predicted octanol–water partition coefficient (Wildman–Crippen LogP) is 3.99. The molecule has 2 N–H and O–H groups in total. The summed E-state index contributed by atoms with van der Waals surface area (Å²) >= 11 is 0. The van der Waals surface area contributed by atoms with E-state index in [2.05, 4.69) is 25.7 Å². The van der Waals surface area contributed by atoms with Crippen LogP contribution in [-0.4, -0.2) is 43.7 Å². The molecule has 12 nitrogen and oxygen atoms in total. The van der Waals surface area contributed by atoms with E-state index < -0.39 is 36.0 Å². The number of ether oxygens (including phenoxy) is 2. The van der Waals surface area contributed by atoms with Gasteiger partial charge in [-0.25, -0.2) is 0 Å². The van der Waals surface area contributed by atoms with Crippen molar-refractivity contribution in [1.82, 2.24) is 24.9 Å². The quantitative estimate of drug-likeness (QED) is 0.167. The normalized spacial score (nSPS) is 11.8. The summed E-state index contributed by atoms with van der Waals surface area (Å²) in [6.07, 6.45) is -1.81. The van der Waals surface area contributed by atoms with Crippen LogP contribution in [0.1, 0.15) is 47.5 Å². The van der Waals surface area contributed by atoms with Gasteiger partial charge in [-0.3, -0.25) is 23.9 Å². The van der Waals surface area contributed by atoms with Crippen molar-refractivity contribution in [3.63, 3.8) is 0 Å². The van der Waals surface area contributed by atoms with Gasteiger partial charge in [0.05, 0.1) is 6.20 Å². The van der Waals surface area contributed by atoms with Crippen LogP contribution in [0.25, 0.3) is 0 Å². The molecule has 1 atom stereocenters. The zero-order valence-corrected chi connectivity index (χ0v) is 24.0. The lowest BCUT2D eigenvalue weighted by molar-refractivity contribution is -0.274. The largest absolute Gasteiger partial charge is 0.573 e. The van der Waals surface area contributed by atoms with Crippen LogP contribution >= 0.6 is 0 Å². The van der Waals surface area contributed by atoms with Gasteiger partial charge in [0.25, 0.3) is 17.4 Å². The number of nitrogens with zero attached hydrogens (tertiary/aromatic N) is 4. The van der Waals surface area contributed by atoms with E-state index in [1.54, 1.807) is 48.7 Å². The van der Waals surface area contributed by atoms with E-state index in [9.17, 15) is 32.3 Å². The Balaban J connectivity index is 1.23. The number of alkyl halides is 3. The topological polar surface area (TPSA) is 146 Å². The maximum Gasteiger partial charge on any atom is 0.573 e. The zero-order chi connectivity index (χ0) is 32.4. The Morgan fingerprint density at radius 2 is 1.73 bits per heavy atom. The fourth-order valence-electron chi connectivity index (χ4n) is 4.24. The van der Waals surface area contributed by atoms with Crippen LogP contribution in [0, 0.1) is 0 Å². The Labute approximate surface area is 254 Å². The fraction of sp³-hybridized carbons (Fsp3) is 0.267. The Hall–Kier alpha value is -5.47. The van der Waals surface area contributed by atoms with Crippen molar-refractivity contribution in [2.45, 2.75) is 51.9 Å². The number of esters is 1. The lowest BCUT2D eigenvalue weighted by Crippen LogP contribution is -2.26. The maximum atomic E-state index is 12.8. The first-order chi connectivity index (χ1) is 21.5. The number of hydrogen-bond acceptors (Lipinski definition) is 8. The summed E-state index contributed by atoms with van der Waals surface area (Å²) in [4.78, 5) is 49.4. The molecule has 0 saturated carbocycles. The average molecular weight is 627 g/mol. The van der Waals surface area contributed by atoms with Gasteiger partial charge in [-0.15, -0.1) is 18.3 Å². The third-order valence-electron chi connectivity index (χ3n) is 6.28. The number of hydrogen-bond donors (Lipinski definition) is 2. The van der Waals surface area contributed by atoms with Gasteiger partial charge in [0.15, 0.2) is 5.69 Å². The highest BCUT2D eigenvalue weighted by atomic mass is 19.4. The first-order valence-corrected chi connectivity index (χ1v) is 13.7. The van der Waals surface area contributed by atoms with Gasteiger partial charge < -0.3 is 24.7 Å². The molecule has 0 saturated heterocycles. The first-order valence-electron chi connectivity index (χ1n) is 13.7. The second-order valence-corrected chi connectivity index (χ2v) is 9.79. The van der Waals surface area contributed by atoms with Gasteiger partial charge in [0.2, 0.25) is 6.10 Å². The van der Waals surface area contributed by atoms with Crippen molar-refractivity contribution >= 4 is 23.5 Å². The minimum Gasteiger partial charge on any atom is -0.447 e. The average Bonchev–Trinajstić information content (AvgIpc) is 3.46. The molecule has 2 aromatic carbocycles. The molecule has 4 aromatic rings. The minimum atomic E-state index is -4.82. The molecule has 4 rings (SSSR count). The molecule has 0 spiro atoms. The number of pyridine rings is 1. The molecular formula is C30H29F3N6O6. The molecule has 0 unspecified atom stereocenters. The lowest BCUT2D eigenvalue weighted by atomic mass is 10.1. The van der Waals surface area contributed by atoms with E-state index in [-0.39, 0.29) is 23.5 Å². The molecule has 0 bridgehead atoms. The number of halogens is 3. The van der Waals surface area contributed by atoms with E-state index in [0.717, 1.165) is 6.07 Å². The summed E-state index contributed by atoms with van der Waals surface area (Å²) in [6.45, 7) is 1.96. The Morgan fingerprint density at radius 3 is 2.44 bits per heavy atom. The lowest BCUT2D eigenvalue weighted by Gasteiger charge is -2.17. The second-order valence-electron chi connectivity index (χ2n) is 9.79. The predicted molar refractivity (Wildman–Crippen MR) is 154 cm³/mol. The smallest absolute Gasteiger partial charge is 0.447 e. The molecule has 0 radical (unpaired) electrons. The van der Waals surface area contributed by atoms with Crippen LogP contribution in [0.3, 0.4) is 0 Å². The number of aryl methyl sites for hydroxylation is 2. The fourth-order valence-corrected chi connectivity index (χ4v) is 4.24. The molecule has 0 aliphatic rings. The van der Waals surface area contributed by atoms with Gasteiger partial charge in [-0.1, -0.05) is 47.7 Å². The van der Waals surface area contributed by atoms with Gasteiger partial charge in [0.1, 0.15) is 5.75 Å². The van der Waals surface area contributed by atoms with Crippen molar-refractivity contribution in [1.29, 1.82) is 0 Å². The highest BCUT2D eigenvalue weighted by molar-refractivity contribution is 5.95. The van der Waals surface area contributed by atoms with Crippen LogP contribution in [-0.2, 0) is 34.0 Å². The third-order valence-corrected chi connectivity index (χ3v) is 6.28. The molecule has 0 aliphatic carbocycles. The van der Waals surface area contributed by atoms with Gasteiger partial charge in [-0.05, 0) is 36.6 Å². The first kappa shape index (κ1) is 32.4. The minimum absolute atomic E-state index is 0.0368. The van der Waals surface area contributed by atoms with E-state index in [1.807, 2.05) is 0 Å². The number of nitrogens with one attached hydrogen (secondary N) is 2. The molecule has 2 aromatic heterocycles. The Kier molecular flexibility index (Phi) is 10.7. The van der Waals surface area contributed by atoms with Crippen LogP contribution in [0.4, 0.5) is 18.9 Å². The summed E-state index contributed by atoms with van der Waals surface area (Å²) in [6, 6.07) is 16.6. The number of rotatable bonds is 13. The van der Waals surface area contributed by atoms with Crippen molar-refractivity contribution in [2.24, 2.45) is 0 Å². The van der Waals surface area contributed by atoms with E-state index in [0.29, 0.717) is 37.1 Å². The summed E-state index contributed by atoms with van der Waals surface area (Å²) in [7, 11) is 0. The Morgan fingerprint density at radius 1 is 0.978 bits per heavy atom. The molecule has 0 aliphatic heterocycles. The van der Waals surface area contributed by atoms with Crippen molar-refractivity contribution in [3.8, 4) is 5.75 Å². The molecular weight excluding hydrogens is 597 g/mol. The van der Waals surface area contributed by atoms with Crippen LogP contribution in [0.15, 0.2) is 83.9 Å². The van der Waals surface area contributed by atoms with E-state index in [1.165, 1.54) is 40.6 Å². The van der Waals surface area contributed by atoms with Crippen molar-refractivity contribution < 1.29 is 37.0 Å². The maximum absolute atomic E-state index is 12.8. The monoisotopic (exact) mass is 626 g/mol. The second kappa shape index (κ2) is 14.8. The summed E-state index contributed by atoms with van der Waals surface area (Å²) in [5, 5.41) is 12.9. The van der Waals surface area contributed by atoms with Crippen molar-refractivity contribution in [2.75, 3.05) is 5.32 Å². The van der Waals surface area contributed by atoms with Crippen LogP contribution in [0.2, 0.25) is 0 Å². The number of benzene rings is 2. The van der Waals surface area contributed by atoms with Gasteiger partial charge in [-0.2, -0.15) is 0 Å². The highest BCUT2D eigenvalue weighted by Gasteiger charge is 2.31. The molecule has 15 heteroatoms. The van der Waals surface area contributed by atoms with Gasteiger partial charge >= 0.3 is 12.3 Å². The standard InChI is InChI=1S/C30H29F3N6O6/c1-20(40)44-27(22-9-3-2-4-10-22)29(43)35-23-12-15-38(26(41)17-23)13-5-6-14-39-19-25(36-37-39)28(42)34-18-21-8-7-11-24(16-21)45-30(31,32)33/h2-4,7-12,15-17,19,27H,5-6,13-14,18H2,1H3,(H,34,42)(H,35,43)/t27-/m0/s1. The number of amides is 2. The SMILES string of the molecule is CC(=O)O[C@H](C(=O)Nc1ccn(CCCCn2cc(C(=O)NCc3cccc(OC(F)(F)F)c3)nn2)c(=O)c1)c1ccccc1.